The largest absolute Gasteiger partial charge is 0.337 e. The van der Waals surface area contributed by atoms with Crippen LogP contribution >= 0.6 is 0 Å². The number of nitrogens with zero attached hydrogens (tertiary/aromatic N) is 1. The summed E-state index contributed by atoms with van der Waals surface area (Å²) in [5.41, 5.74) is -0.166. The lowest BCUT2D eigenvalue weighted by Crippen LogP contribution is -2.49. The van der Waals surface area contributed by atoms with Crippen LogP contribution in [-0.2, 0) is 0 Å². The molecule has 1 aliphatic rings. The van der Waals surface area contributed by atoms with Crippen LogP contribution in [-0.4, -0.2) is 42.1 Å². The van der Waals surface area contributed by atoms with E-state index in [-0.39, 0.29) is 11.6 Å². The van der Waals surface area contributed by atoms with Crippen molar-refractivity contribution in [3.05, 3.63) is 0 Å². The van der Waals surface area contributed by atoms with Gasteiger partial charge in [0.2, 0.25) is 0 Å². The first-order valence-corrected chi connectivity index (χ1v) is 6.18. The Hall–Kier alpha value is -0.770. The van der Waals surface area contributed by atoms with E-state index in [1.807, 2.05) is 20.8 Å². The molecule has 1 atom stereocenters. The molecule has 1 fully saturated rings. The van der Waals surface area contributed by atoms with E-state index >= 15 is 0 Å². The van der Waals surface area contributed by atoms with Gasteiger partial charge < -0.3 is 10.6 Å². The number of nitrogens with one attached hydrogen (secondary N) is 2. The van der Waals surface area contributed by atoms with Gasteiger partial charge in [-0.3, -0.25) is 4.90 Å². The van der Waals surface area contributed by atoms with Gasteiger partial charge in [0, 0.05) is 18.1 Å². The van der Waals surface area contributed by atoms with Crippen molar-refractivity contribution < 1.29 is 4.79 Å². The Morgan fingerprint density at radius 1 is 1.31 bits per heavy atom. The maximum absolute atomic E-state index is 11.5. The predicted octanol–water partition coefficient (Wildman–Crippen LogP) is 1.57. The number of likely N-dealkylation sites (tertiary alicyclic amines) is 1. The summed E-state index contributed by atoms with van der Waals surface area (Å²) >= 11 is 0. The van der Waals surface area contributed by atoms with Crippen molar-refractivity contribution in [1.82, 2.24) is 15.5 Å². The van der Waals surface area contributed by atoms with Crippen LogP contribution in [0.25, 0.3) is 0 Å². The van der Waals surface area contributed by atoms with Crippen molar-refractivity contribution in [3.8, 4) is 0 Å². The van der Waals surface area contributed by atoms with E-state index in [1.165, 1.54) is 25.9 Å². The smallest absolute Gasteiger partial charge is 0.315 e. The molecule has 0 saturated carbocycles. The van der Waals surface area contributed by atoms with E-state index in [1.54, 1.807) is 0 Å². The topological polar surface area (TPSA) is 44.4 Å². The number of rotatable bonds is 3. The number of hydrogen-bond donors (Lipinski definition) is 2. The Balaban J connectivity index is 2.20. The summed E-state index contributed by atoms with van der Waals surface area (Å²) < 4.78 is 0. The molecular formula is C12H25N3O. The van der Waals surface area contributed by atoms with Crippen molar-refractivity contribution in [2.24, 2.45) is 0 Å². The van der Waals surface area contributed by atoms with Crippen LogP contribution in [0, 0.1) is 0 Å². The lowest BCUT2D eigenvalue weighted by molar-refractivity contribution is 0.219. The minimum absolute atomic E-state index is 0.0708. The second kappa shape index (κ2) is 5.53. The van der Waals surface area contributed by atoms with Gasteiger partial charge in [-0.15, -0.1) is 0 Å². The number of carbonyl (C=O) groups is 1. The summed E-state index contributed by atoms with van der Waals surface area (Å²) in [4.78, 5) is 14.0. The zero-order valence-electron chi connectivity index (χ0n) is 11.0. The van der Waals surface area contributed by atoms with Gasteiger partial charge in [0.1, 0.15) is 0 Å². The molecule has 2 amide bonds. The highest BCUT2D eigenvalue weighted by atomic mass is 16.2. The Labute approximate surface area is 98.8 Å². The van der Waals surface area contributed by atoms with E-state index in [9.17, 15) is 4.79 Å². The maximum Gasteiger partial charge on any atom is 0.315 e. The molecule has 1 aliphatic heterocycles. The molecule has 4 heteroatoms. The van der Waals surface area contributed by atoms with E-state index < -0.39 is 0 Å². The van der Waals surface area contributed by atoms with Crippen LogP contribution < -0.4 is 10.6 Å². The molecule has 0 aromatic carbocycles. The molecule has 1 rings (SSSR count). The second-order valence-corrected chi connectivity index (χ2v) is 5.68. The minimum atomic E-state index is -0.166. The fraction of sp³-hybridized carbons (Fsp3) is 0.917. The van der Waals surface area contributed by atoms with E-state index in [0.717, 1.165) is 6.54 Å². The third-order valence-corrected chi connectivity index (χ3v) is 2.81. The van der Waals surface area contributed by atoms with Crippen molar-refractivity contribution >= 4 is 6.03 Å². The average Bonchev–Trinajstić information content (AvgIpc) is 2.64. The monoisotopic (exact) mass is 227 g/mol. The molecular weight excluding hydrogens is 202 g/mol. The minimum Gasteiger partial charge on any atom is -0.337 e. The molecule has 16 heavy (non-hydrogen) atoms. The fourth-order valence-corrected chi connectivity index (χ4v) is 1.94. The summed E-state index contributed by atoms with van der Waals surface area (Å²) in [6.45, 7) is 11.2. The summed E-state index contributed by atoms with van der Waals surface area (Å²) in [5.74, 6) is 0. The first-order chi connectivity index (χ1) is 7.38. The quantitative estimate of drug-likeness (QED) is 0.768. The molecule has 1 unspecified atom stereocenters. The highest BCUT2D eigenvalue weighted by Gasteiger charge is 2.19. The molecule has 0 aromatic rings. The first-order valence-electron chi connectivity index (χ1n) is 6.18. The Bertz CT molecular complexity index is 229. The van der Waals surface area contributed by atoms with E-state index in [4.69, 9.17) is 0 Å². The maximum atomic E-state index is 11.5. The highest BCUT2D eigenvalue weighted by molar-refractivity contribution is 5.74. The Kier molecular flexibility index (Phi) is 4.59. The number of urea groups is 1. The lowest BCUT2D eigenvalue weighted by Gasteiger charge is -2.25. The number of amides is 2. The van der Waals surface area contributed by atoms with Gasteiger partial charge in [0.05, 0.1) is 0 Å². The normalized spacial score (nSPS) is 19.5. The van der Waals surface area contributed by atoms with E-state index in [2.05, 4.69) is 22.5 Å². The van der Waals surface area contributed by atoms with Gasteiger partial charge in [0.25, 0.3) is 0 Å². The van der Waals surface area contributed by atoms with Crippen molar-refractivity contribution in [2.45, 2.75) is 52.1 Å². The standard InChI is InChI=1S/C12H25N3O/c1-10(15-7-5-6-8-15)9-13-11(16)14-12(2,3)4/h10H,5-9H2,1-4H3,(H2,13,14,16). The van der Waals surface area contributed by atoms with Crippen LogP contribution in [0.4, 0.5) is 4.79 Å². The van der Waals surface area contributed by atoms with Crippen LogP contribution in [0.1, 0.15) is 40.5 Å². The molecule has 4 nitrogen and oxygen atoms in total. The SMILES string of the molecule is CC(CNC(=O)NC(C)(C)C)N1CCCC1. The summed E-state index contributed by atoms with van der Waals surface area (Å²) in [6, 6.07) is 0.367. The molecule has 1 saturated heterocycles. The van der Waals surface area contributed by atoms with Crippen molar-refractivity contribution in [3.63, 3.8) is 0 Å². The predicted molar refractivity (Wildman–Crippen MR) is 66.6 cm³/mol. The van der Waals surface area contributed by atoms with Crippen LogP contribution in [0.5, 0.6) is 0 Å². The molecule has 94 valence electrons. The fourth-order valence-electron chi connectivity index (χ4n) is 1.94. The average molecular weight is 227 g/mol. The molecule has 1 heterocycles. The molecule has 0 aromatic heterocycles. The van der Waals surface area contributed by atoms with Crippen LogP contribution in [0.3, 0.4) is 0 Å². The van der Waals surface area contributed by atoms with Gasteiger partial charge in [-0.25, -0.2) is 4.79 Å². The molecule has 0 bridgehead atoms. The van der Waals surface area contributed by atoms with Gasteiger partial charge >= 0.3 is 6.03 Å². The summed E-state index contributed by atoms with van der Waals surface area (Å²) in [5, 5.41) is 5.82. The zero-order chi connectivity index (χ0) is 12.2. The number of hydrogen-bond acceptors (Lipinski definition) is 2. The van der Waals surface area contributed by atoms with E-state index in [0.29, 0.717) is 6.04 Å². The van der Waals surface area contributed by atoms with Gasteiger partial charge in [-0.2, -0.15) is 0 Å². The van der Waals surface area contributed by atoms with Gasteiger partial charge in [0.15, 0.2) is 0 Å². The highest BCUT2D eigenvalue weighted by Crippen LogP contribution is 2.10. The van der Waals surface area contributed by atoms with Gasteiger partial charge in [-0.05, 0) is 53.6 Å². The van der Waals surface area contributed by atoms with Gasteiger partial charge in [-0.1, -0.05) is 0 Å². The van der Waals surface area contributed by atoms with Crippen LogP contribution in [0.15, 0.2) is 0 Å². The molecule has 0 aliphatic carbocycles. The zero-order valence-corrected chi connectivity index (χ0v) is 11.0. The Morgan fingerprint density at radius 3 is 2.38 bits per heavy atom. The van der Waals surface area contributed by atoms with Crippen molar-refractivity contribution in [1.29, 1.82) is 0 Å². The summed E-state index contributed by atoms with van der Waals surface area (Å²) in [6.07, 6.45) is 2.58. The molecule has 2 N–H and O–H groups in total. The molecule has 0 radical (unpaired) electrons. The lowest BCUT2D eigenvalue weighted by atomic mass is 10.1. The second-order valence-electron chi connectivity index (χ2n) is 5.68. The number of carbonyl (C=O) groups excluding carboxylic acids is 1. The first kappa shape index (κ1) is 13.3. The summed E-state index contributed by atoms with van der Waals surface area (Å²) in [7, 11) is 0. The third-order valence-electron chi connectivity index (χ3n) is 2.81. The van der Waals surface area contributed by atoms with Crippen LogP contribution in [0.2, 0.25) is 0 Å². The molecule has 0 spiro atoms. The van der Waals surface area contributed by atoms with Crippen molar-refractivity contribution in [2.75, 3.05) is 19.6 Å². The third kappa shape index (κ3) is 4.84. The Morgan fingerprint density at radius 2 is 1.88 bits per heavy atom.